The first-order valence-electron chi connectivity index (χ1n) is 7.21. The van der Waals surface area contributed by atoms with Gasteiger partial charge in [-0.05, 0) is 44.9 Å². The van der Waals surface area contributed by atoms with E-state index in [1.54, 1.807) is 6.07 Å². The van der Waals surface area contributed by atoms with Gasteiger partial charge in [0.15, 0.2) is 0 Å². The lowest BCUT2D eigenvalue weighted by atomic mass is 9.81. The Morgan fingerprint density at radius 2 is 2.00 bits per heavy atom. The molecule has 0 spiro atoms. The summed E-state index contributed by atoms with van der Waals surface area (Å²) < 4.78 is 19.5. The van der Waals surface area contributed by atoms with E-state index in [0.717, 1.165) is 5.56 Å². The average molecular weight is 300 g/mol. The van der Waals surface area contributed by atoms with Crippen molar-refractivity contribution in [2.75, 3.05) is 7.05 Å². The summed E-state index contributed by atoms with van der Waals surface area (Å²) in [4.78, 5) is 0. The maximum Gasteiger partial charge on any atom is 0.142 e. The maximum atomic E-state index is 13.5. The first kappa shape index (κ1) is 15.7. The van der Waals surface area contributed by atoms with Crippen LogP contribution in [0.25, 0.3) is 0 Å². The molecule has 1 aliphatic heterocycles. The zero-order valence-electron chi connectivity index (χ0n) is 12.5. The number of nitrogens with one attached hydrogen (secondary N) is 1. The van der Waals surface area contributed by atoms with Gasteiger partial charge < -0.3 is 10.1 Å². The summed E-state index contributed by atoms with van der Waals surface area (Å²) in [5.74, 6) is 0.514. The molecule has 0 aromatic heterocycles. The molecule has 112 valence electrons. The van der Waals surface area contributed by atoms with Gasteiger partial charge in [-0.15, -0.1) is 0 Å². The van der Waals surface area contributed by atoms with Gasteiger partial charge in [0.05, 0.1) is 17.2 Å². The van der Waals surface area contributed by atoms with Gasteiger partial charge in [-0.3, -0.25) is 0 Å². The van der Waals surface area contributed by atoms with Crippen molar-refractivity contribution in [3.05, 3.63) is 34.6 Å². The molecule has 0 saturated carbocycles. The van der Waals surface area contributed by atoms with Crippen LogP contribution in [0.2, 0.25) is 5.02 Å². The van der Waals surface area contributed by atoms with Crippen LogP contribution in [0.4, 0.5) is 4.39 Å². The van der Waals surface area contributed by atoms with Gasteiger partial charge in [0, 0.05) is 12.0 Å². The van der Waals surface area contributed by atoms with Gasteiger partial charge >= 0.3 is 0 Å². The Labute approximate surface area is 125 Å². The molecule has 0 bridgehead atoms. The number of rotatable bonds is 4. The topological polar surface area (TPSA) is 21.3 Å². The zero-order chi connectivity index (χ0) is 14.9. The van der Waals surface area contributed by atoms with Crippen LogP contribution in [0.15, 0.2) is 18.2 Å². The van der Waals surface area contributed by atoms with Crippen molar-refractivity contribution in [2.24, 2.45) is 11.8 Å². The number of hydrogen-bond acceptors (Lipinski definition) is 2. The van der Waals surface area contributed by atoms with E-state index in [1.165, 1.54) is 6.07 Å². The van der Waals surface area contributed by atoms with Gasteiger partial charge in [0.1, 0.15) is 5.82 Å². The van der Waals surface area contributed by atoms with Crippen LogP contribution >= 0.6 is 11.6 Å². The van der Waals surface area contributed by atoms with Crippen LogP contribution in [0.3, 0.4) is 0 Å². The Balaban J connectivity index is 2.19. The van der Waals surface area contributed by atoms with E-state index in [9.17, 15) is 4.39 Å². The fourth-order valence-corrected chi connectivity index (χ4v) is 3.56. The van der Waals surface area contributed by atoms with E-state index in [4.69, 9.17) is 16.3 Å². The molecule has 1 fully saturated rings. The molecule has 1 aromatic rings. The number of halogens is 2. The third kappa shape index (κ3) is 3.00. The third-order valence-electron chi connectivity index (χ3n) is 4.63. The second kappa shape index (κ2) is 6.42. The highest BCUT2D eigenvalue weighted by Crippen LogP contribution is 2.36. The molecular formula is C16H23ClFNO. The Morgan fingerprint density at radius 1 is 1.30 bits per heavy atom. The van der Waals surface area contributed by atoms with Crippen molar-refractivity contribution in [3.8, 4) is 0 Å². The van der Waals surface area contributed by atoms with Crippen molar-refractivity contribution in [3.63, 3.8) is 0 Å². The lowest BCUT2D eigenvalue weighted by Crippen LogP contribution is -2.41. The van der Waals surface area contributed by atoms with E-state index in [1.807, 2.05) is 13.1 Å². The molecular weight excluding hydrogens is 277 g/mol. The molecule has 1 aliphatic rings. The quantitative estimate of drug-likeness (QED) is 0.916. The van der Waals surface area contributed by atoms with Crippen molar-refractivity contribution >= 4 is 11.6 Å². The normalized spacial score (nSPS) is 31.5. The van der Waals surface area contributed by atoms with E-state index < -0.39 is 0 Å². The van der Waals surface area contributed by atoms with Crippen LogP contribution in [-0.2, 0) is 11.2 Å². The van der Waals surface area contributed by atoms with Gasteiger partial charge in [0.25, 0.3) is 0 Å². The van der Waals surface area contributed by atoms with Gasteiger partial charge in [-0.25, -0.2) is 4.39 Å². The van der Waals surface area contributed by atoms with Crippen LogP contribution in [-0.4, -0.2) is 25.3 Å². The highest BCUT2D eigenvalue weighted by Gasteiger charge is 2.41. The lowest BCUT2D eigenvalue weighted by molar-refractivity contribution is 0.0479. The van der Waals surface area contributed by atoms with Crippen LogP contribution < -0.4 is 5.32 Å². The SMILES string of the molecule is CNC(Cc1cccc(F)c1Cl)C1C(C)OC(C)C1C. The summed E-state index contributed by atoms with van der Waals surface area (Å²) in [5, 5.41) is 3.60. The van der Waals surface area contributed by atoms with E-state index in [2.05, 4.69) is 26.1 Å². The molecule has 1 saturated heterocycles. The number of likely N-dealkylation sites (N-methyl/N-ethyl adjacent to an activating group) is 1. The second-order valence-electron chi connectivity index (χ2n) is 5.80. The molecule has 4 heteroatoms. The largest absolute Gasteiger partial charge is 0.375 e. The Hall–Kier alpha value is -0.640. The molecule has 2 nitrogen and oxygen atoms in total. The molecule has 1 aromatic carbocycles. The number of hydrogen-bond donors (Lipinski definition) is 1. The summed E-state index contributed by atoms with van der Waals surface area (Å²) in [7, 11) is 1.94. The summed E-state index contributed by atoms with van der Waals surface area (Å²) >= 11 is 6.07. The van der Waals surface area contributed by atoms with Crippen LogP contribution in [0, 0.1) is 17.7 Å². The van der Waals surface area contributed by atoms with E-state index in [0.29, 0.717) is 18.3 Å². The Bertz CT molecular complexity index is 468. The van der Waals surface area contributed by atoms with Crippen molar-refractivity contribution in [1.29, 1.82) is 0 Å². The summed E-state index contributed by atoms with van der Waals surface area (Å²) in [5.41, 5.74) is 0.852. The smallest absolute Gasteiger partial charge is 0.142 e. The van der Waals surface area contributed by atoms with Crippen LogP contribution in [0.5, 0.6) is 0 Å². The highest BCUT2D eigenvalue weighted by atomic mass is 35.5. The lowest BCUT2D eigenvalue weighted by Gasteiger charge is -2.29. The van der Waals surface area contributed by atoms with Crippen molar-refractivity contribution < 1.29 is 9.13 Å². The molecule has 2 rings (SSSR count). The standard InChI is InChI=1S/C16H23ClFNO/c1-9-10(2)20-11(3)15(9)14(19-4)8-12-6-5-7-13(18)16(12)17/h5-7,9-11,14-15,19H,8H2,1-4H3. The summed E-state index contributed by atoms with van der Waals surface area (Å²) in [6.45, 7) is 6.45. The predicted molar refractivity (Wildman–Crippen MR) is 80.6 cm³/mol. The first-order valence-corrected chi connectivity index (χ1v) is 7.59. The second-order valence-corrected chi connectivity index (χ2v) is 6.17. The minimum atomic E-state index is -0.351. The van der Waals surface area contributed by atoms with Crippen molar-refractivity contribution in [2.45, 2.75) is 45.4 Å². The van der Waals surface area contributed by atoms with Crippen LogP contribution in [0.1, 0.15) is 26.3 Å². The fourth-order valence-electron chi connectivity index (χ4n) is 3.36. The molecule has 5 atom stereocenters. The highest BCUT2D eigenvalue weighted by molar-refractivity contribution is 6.31. The molecule has 5 unspecified atom stereocenters. The molecule has 1 N–H and O–H groups in total. The molecule has 1 heterocycles. The molecule has 0 radical (unpaired) electrons. The van der Waals surface area contributed by atoms with Gasteiger partial charge in [0.2, 0.25) is 0 Å². The van der Waals surface area contributed by atoms with E-state index in [-0.39, 0.29) is 29.1 Å². The zero-order valence-corrected chi connectivity index (χ0v) is 13.2. The monoisotopic (exact) mass is 299 g/mol. The third-order valence-corrected chi connectivity index (χ3v) is 5.05. The Kier molecular flexibility index (Phi) is 5.05. The predicted octanol–water partition coefficient (Wildman–Crippen LogP) is 3.67. The van der Waals surface area contributed by atoms with Crippen molar-refractivity contribution in [1.82, 2.24) is 5.32 Å². The number of benzene rings is 1. The maximum absolute atomic E-state index is 13.5. The molecule has 0 aliphatic carbocycles. The molecule has 20 heavy (non-hydrogen) atoms. The summed E-state index contributed by atoms with van der Waals surface area (Å²) in [6, 6.07) is 5.23. The van der Waals surface area contributed by atoms with Gasteiger partial charge in [-0.2, -0.15) is 0 Å². The van der Waals surface area contributed by atoms with E-state index >= 15 is 0 Å². The fraction of sp³-hybridized carbons (Fsp3) is 0.625. The minimum Gasteiger partial charge on any atom is -0.375 e. The van der Waals surface area contributed by atoms with Gasteiger partial charge in [-0.1, -0.05) is 30.7 Å². The number of ether oxygens (including phenoxy) is 1. The summed E-state index contributed by atoms with van der Waals surface area (Å²) in [6.07, 6.45) is 1.17. The first-order chi connectivity index (χ1) is 9.45. The minimum absolute atomic E-state index is 0.199. The molecule has 0 amide bonds. The average Bonchev–Trinajstić information content (AvgIpc) is 2.66. The Morgan fingerprint density at radius 3 is 2.55 bits per heavy atom.